The van der Waals surface area contributed by atoms with Gasteiger partial charge in [0.15, 0.2) is 0 Å². The van der Waals surface area contributed by atoms with E-state index >= 15 is 0 Å². The first-order chi connectivity index (χ1) is 9.16. The van der Waals surface area contributed by atoms with E-state index in [1.165, 1.54) is 37.0 Å². The molecule has 3 rings (SSSR count). The zero-order valence-corrected chi connectivity index (χ0v) is 12.8. The van der Waals surface area contributed by atoms with Gasteiger partial charge in [0, 0.05) is 26.2 Å². The highest BCUT2D eigenvalue weighted by molar-refractivity contribution is 9.10. The minimum Gasteiger partial charge on any atom is -0.368 e. The Labute approximate surface area is 121 Å². The van der Waals surface area contributed by atoms with Gasteiger partial charge >= 0.3 is 0 Å². The molecule has 0 spiro atoms. The predicted molar refractivity (Wildman–Crippen MR) is 78.6 cm³/mol. The van der Waals surface area contributed by atoms with Gasteiger partial charge in [0.05, 0.1) is 11.9 Å². The largest absolute Gasteiger partial charge is 0.368 e. The molecule has 0 aliphatic carbocycles. The van der Waals surface area contributed by atoms with Crippen LogP contribution in [-0.2, 0) is 7.05 Å². The Kier molecular flexibility index (Phi) is 3.62. The average Bonchev–Trinajstić information content (AvgIpc) is 3.06. The lowest BCUT2D eigenvalue weighted by molar-refractivity contribution is 0.260. The van der Waals surface area contributed by atoms with Crippen LogP contribution in [0.3, 0.4) is 0 Å². The molecule has 5 nitrogen and oxygen atoms in total. The number of nitrogens with zero attached hydrogens (tertiary/aromatic N) is 4. The molecule has 1 aromatic heterocycles. The minimum atomic E-state index is -0.0675. The van der Waals surface area contributed by atoms with Crippen molar-refractivity contribution in [1.29, 1.82) is 0 Å². The third-order valence-electron chi connectivity index (χ3n) is 4.22. The number of hydrogen-bond donors (Lipinski definition) is 0. The van der Waals surface area contributed by atoms with Crippen LogP contribution in [0.4, 0.5) is 5.69 Å². The molecule has 2 fully saturated rings. The molecule has 0 aromatic carbocycles. The third kappa shape index (κ3) is 2.43. The molecule has 0 radical (unpaired) electrons. The van der Waals surface area contributed by atoms with Crippen LogP contribution >= 0.6 is 15.9 Å². The maximum Gasteiger partial charge on any atom is 0.282 e. The van der Waals surface area contributed by atoms with Gasteiger partial charge in [-0.05, 0) is 48.3 Å². The van der Waals surface area contributed by atoms with E-state index in [1.54, 1.807) is 13.2 Å². The molecule has 104 valence electrons. The summed E-state index contributed by atoms with van der Waals surface area (Å²) >= 11 is 3.42. The fourth-order valence-electron chi connectivity index (χ4n) is 3.09. The SMILES string of the molecule is Cn1ncc(N2CCC(N3CCCC3)C2)c(Br)c1=O. The second-order valence-corrected chi connectivity index (χ2v) is 6.20. The van der Waals surface area contributed by atoms with Gasteiger partial charge in [-0.2, -0.15) is 5.10 Å². The summed E-state index contributed by atoms with van der Waals surface area (Å²) in [5.74, 6) is 0. The van der Waals surface area contributed by atoms with E-state index in [0.717, 1.165) is 18.8 Å². The van der Waals surface area contributed by atoms with E-state index in [9.17, 15) is 4.79 Å². The highest BCUT2D eigenvalue weighted by Crippen LogP contribution is 2.28. The first kappa shape index (κ1) is 13.1. The Morgan fingerprint density at radius 3 is 2.79 bits per heavy atom. The second kappa shape index (κ2) is 5.25. The first-order valence-corrected chi connectivity index (χ1v) is 7.67. The number of hydrogen-bond acceptors (Lipinski definition) is 4. The number of likely N-dealkylation sites (tertiary alicyclic amines) is 1. The molecule has 0 amide bonds. The molecule has 1 unspecified atom stereocenters. The summed E-state index contributed by atoms with van der Waals surface area (Å²) in [6, 6.07) is 0.637. The van der Waals surface area contributed by atoms with Crippen LogP contribution < -0.4 is 10.5 Å². The van der Waals surface area contributed by atoms with Gasteiger partial charge < -0.3 is 4.90 Å². The lowest BCUT2D eigenvalue weighted by Gasteiger charge is -2.24. The van der Waals surface area contributed by atoms with Crippen LogP contribution in [0.1, 0.15) is 19.3 Å². The van der Waals surface area contributed by atoms with E-state index in [1.807, 2.05) is 0 Å². The number of aryl methyl sites for hydroxylation is 1. The van der Waals surface area contributed by atoms with Crippen molar-refractivity contribution in [2.75, 3.05) is 31.1 Å². The summed E-state index contributed by atoms with van der Waals surface area (Å²) in [4.78, 5) is 16.8. The zero-order chi connectivity index (χ0) is 13.4. The molecule has 1 atom stereocenters. The molecule has 1 aromatic rings. The van der Waals surface area contributed by atoms with Gasteiger partial charge in [0.2, 0.25) is 0 Å². The topological polar surface area (TPSA) is 41.4 Å². The number of aromatic nitrogens is 2. The van der Waals surface area contributed by atoms with Crippen LogP contribution in [0.2, 0.25) is 0 Å². The fourth-order valence-corrected chi connectivity index (χ4v) is 3.70. The summed E-state index contributed by atoms with van der Waals surface area (Å²) in [5.41, 5.74) is 0.868. The van der Waals surface area contributed by atoms with Crippen LogP contribution in [0.15, 0.2) is 15.5 Å². The highest BCUT2D eigenvalue weighted by atomic mass is 79.9. The third-order valence-corrected chi connectivity index (χ3v) is 4.97. The second-order valence-electron chi connectivity index (χ2n) is 5.40. The molecule has 19 heavy (non-hydrogen) atoms. The zero-order valence-electron chi connectivity index (χ0n) is 11.2. The summed E-state index contributed by atoms with van der Waals surface area (Å²) in [6.07, 6.45) is 5.63. The van der Waals surface area contributed by atoms with Gasteiger partial charge in [-0.1, -0.05) is 0 Å². The lowest BCUT2D eigenvalue weighted by atomic mass is 10.2. The monoisotopic (exact) mass is 326 g/mol. The van der Waals surface area contributed by atoms with Crippen LogP contribution in [0.25, 0.3) is 0 Å². The quantitative estimate of drug-likeness (QED) is 0.819. The van der Waals surface area contributed by atoms with Gasteiger partial charge in [-0.15, -0.1) is 0 Å². The molecule has 0 bridgehead atoms. The molecule has 2 aliphatic heterocycles. The lowest BCUT2D eigenvalue weighted by Crippen LogP contribution is -2.35. The van der Waals surface area contributed by atoms with Gasteiger partial charge in [0.25, 0.3) is 5.56 Å². The number of anilines is 1. The molecule has 6 heteroatoms. The maximum absolute atomic E-state index is 11.9. The normalized spacial score (nSPS) is 24.3. The first-order valence-electron chi connectivity index (χ1n) is 6.87. The van der Waals surface area contributed by atoms with Crippen molar-refractivity contribution in [1.82, 2.24) is 14.7 Å². The van der Waals surface area contributed by atoms with E-state index in [4.69, 9.17) is 0 Å². The number of rotatable bonds is 2. The maximum atomic E-state index is 11.9. The molecular formula is C13H19BrN4O. The van der Waals surface area contributed by atoms with Crippen LogP contribution in [-0.4, -0.2) is 46.9 Å². The minimum absolute atomic E-state index is 0.0675. The van der Waals surface area contributed by atoms with Crippen molar-refractivity contribution >= 4 is 21.6 Å². The fraction of sp³-hybridized carbons (Fsp3) is 0.692. The Hall–Kier alpha value is -0.880. The molecule has 0 saturated carbocycles. The van der Waals surface area contributed by atoms with Crippen molar-refractivity contribution in [2.45, 2.75) is 25.3 Å². The summed E-state index contributed by atoms with van der Waals surface area (Å²) in [5, 5.41) is 4.13. The van der Waals surface area contributed by atoms with Crippen molar-refractivity contribution < 1.29 is 0 Å². The van der Waals surface area contributed by atoms with Gasteiger partial charge in [-0.3, -0.25) is 9.69 Å². The molecular weight excluding hydrogens is 308 g/mol. The smallest absolute Gasteiger partial charge is 0.282 e. The molecule has 2 saturated heterocycles. The Bertz CT molecular complexity index is 524. The Morgan fingerprint density at radius 2 is 2.05 bits per heavy atom. The van der Waals surface area contributed by atoms with E-state index in [0.29, 0.717) is 10.5 Å². The van der Waals surface area contributed by atoms with Gasteiger partial charge in [-0.25, -0.2) is 4.68 Å². The molecule has 2 aliphatic rings. The van der Waals surface area contributed by atoms with Crippen molar-refractivity contribution in [2.24, 2.45) is 7.05 Å². The average molecular weight is 327 g/mol. The van der Waals surface area contributed by atoms with Crippen molar-refractivity contribution in [3.8, 4) is 0 Å². The van der Waals surface area contributed by atoms with Crippen LogP contribution in [0.5, 0.6) is 0 Å². The summed E-state index contributed by atoms with van der Waals surface area (Å²) in [6.45, 7) is 4.48. The van der Waals surface area contributed by atoms with E-state index in [2.05, 4.69) is 30.8 Å². The highest BCUT2D eigenvalue weighted by Gasteiger charge is 2.30. The van der Waals surface area contributed by atoms with Crippen molar-refractivity contribution in [3.05, 3.63) is 21.0 Å². The van der Waals surface area contributed by atoms with Gasteiger partial charge in [0.1, 0.15) is 4.47 Å². The predicted octanol–water partition coefficient (Wildman–Crippen LogP) is 1.22. The molecule has 3 heterocycles. The van der Waals surface area contributed by atoms with Crippen LogP contribution in [0, 0.1) is 0 Å². The summed E-state index contributed by atoms with van der Waals surface area (Å²) < 4.78 is 1.99. The molecule has 0 N–H and O–H groups in total. The van der Waals surface area contributed by atoms with E-state index < -0.39 is 0 Å². The van der Waals surface area contributed by atoms with E-state index in [-0.39, 0.29) is 5.56 Å². The Morgan fingerprint density at radius 1 is 1.32 bits per heavy atom. The standard InChI is InChI=1S/C13H19BrN4O/c1-16-13(19)12(14)11(8-15-16)18-7-4-10(9-18)17-5-2-3-6-17/h8,10H,2-7,9H2,1H3. The summed E-state index contributed by atoms with van der Waals surface area (Å²) in [7, 11) is 1.67. The number of halogens is 1. The Balaban J connectivity index is 1.77. The van der Waals surface area contributed by atoms with Crippen molar-refractivity contribution in [3.63, 3.8) is 0 Å².